The number of halogens is 1. The van der Waals surface area contributed by atoms with Gasteiger partial charge in [-0.15, -0.1) is 0 Å². The summed E-state index contributed by atoms with van der Waals surface area (Å²) < 4.78 is 8.15. The van der Waals surface area contributed by atoms with E-state index in [9.17, 15) is 0 Å². The van der Waals surface area contributed by atoms with Gasteiger partial charge in [0.25, 0.3) is 0 Å². The molecular weight excluding hydrogens is 368 g/mol. The van der Waals surface area contributed by atoms with E-state index in [0.29, 0.717) is 6.61 Å². The number of benzene rings is 3. The van der Waals surface area contributed by atoms with Crippen LogP contribution in [0.3, 0.4) is 0 Å². The molecule has 0 aliphatic rings. The smallest absolute Gasteiger partial charge is 0.141 e. The van der Waals surface area contributed by atoms with Crippen LogP contribution in [0.15, 0.2) is 72.8 Å². The van der Waals surface area contributed by atoms with Crippen LogP contribution < -0.4 is 4.74 Å². The molecule has 0 unspecified atom stereocenters. The van der Waals surface area contributed by atoms with Crippen LogP contribution in [0.25, 0.3) is 22.4 Å². The van der Waals surface area contributed by atoms with Crippen molar-refractivity contribution in [2.75, 3.05) is 6.61 Å². The van der Waals surface area contributed by atoms with Crippen molar-refractivity contribution in [1.29, 1.82) is 0 Å². The SMILES string of the molecule is Cc1ccc(OCCCCn2c(-c3ccc(Cl)cc3)nc3ccccc32)cc1. The standard InChI is InChI=1S/C24H23ClN2O/c1-18-8-14-21(15-9-18)28-17-5-4-16-27-23-7-3-2-6-22(23)26-24(27)19-10-12-20(25)13-11-19/h2-3,6-15H,4-5,16-17H2,1H3. The molecule has 0 bridgehead atoms. The van der Waals surface area contributed by atoms with Crippen molar-refractivity contribution in [3.8, 4) is 17.1 Å². The molecule has 4 heteroatoms. The Kier molecular flexibility index (Phi) is 5.63. The zero-order valence-corrected chi connectivity index (χ0v) is 16.7. The molecule has 0 aliphatic carbocycles. The van der Waals surface area contributed by atoms with Crippen molar-refractivity contribution < 1.29 is 4.74 Å². The van der Waals surface area contributed by atoms with Crippen LogP contribution in [0.1, 0.15) is 18.4 Å². The molecule has 3 nitrogen and oxygen atoms in total. The first kappa shape index (κ1) is 18.6. The van der Waals surface area contributed by atoms with Gasteiger partial charge in [-0.3, -0.25) is 0 Å². The van der Waals surface area contributed by atoms with Crippen LogP contribution in [0.4, 0.5) is 0 Å². The number of fused-ring (bicyclic) bond motifs is 1. The van der Waals surface area contributed by atoms with Crippen molar-refractivity contribution in [3.05, 3.63) is 83.4 Å². The lowest BCUT2D eigenvalue weighted by Gasteiger charge is -2.10. The number of unbranched alkanes of at least 4 members (excludes halogenated alkanes) is 1. The summed E-state index contributed by atoms with van der Waals surface area (Å²) >= 11 is 6.05. The molecule has 1 heterocycles. The lowest BCUT2D eigenvalue weighted by atomic mass is 10.2. The highest BCUT2D eigenvalue weighted by Gasteiger charge is 2.12. The predicted molar refractivity (Wildman–Crippen MR) is 116 cm³/mol. The number of hydrogen-bond donors (Lipinski definition) is 0. The van der Waals surface area contributed by atoms with Crippen molar-refractivity contribution >= 4 is 22.6 Å². The molecule has 0 N–H and O–H groups in total. The second-order valence-corrected chi connectivity index (χ2v) is 7.39. The monoisotopic (exact) mass is 390 g/mol. The van der Waals surface area contributed by atoms with Gasteiger partial charge in [-0.1, -0.05) is 41.4 Å². The maximum Gasteiger partial charge on any atom is 0.141 e. The maximum atomic E-state index is 6.05. The molecule has 1 aromatic heterocycles. The molecule has 4 rings (SSSR count). The number of aromatic nitrogens is 2. The lowest BCUT2D eigenvalue weighted by molar-refractivity contribution is 0.303. The van der Waals surface area contributed by atoms with Gasteiger partial charge in [0.05, 0.1) is 17.6 Å². The minimum atomic E-state index is 0.714. The zero-order valence-electron chi connectivity index (χ0n) is 15.9. The van der Waals surface area contributed by atoms with Gasteiger partial charge in [0, 0.05) is 17.1 Å². The quantitative estimate of drug-likeness (QED) is 0.335. The molecule has 0 saturated heterocycles. The van der Waals surface area contributed by atoms with E-state index in [0.717, 1.165) is 52.6 Å². The summed E-state index contributed by atoms with van der Waals surface area (Å²) in [7, 11) is 0. The molecule has 0 saturated carbocycles. The van der Waals surface area contributed by atoms with Crippen molar-refractivity contribution in [2.45, 2.75) is 26.3 Å². The molecule has 0 spiro atoms. The Morgan fingerprint density at radius 3 is 2.43 bits per heavy atom. The molecule has 0 fully saturated rings. The van der Waals surface area contributed by atoms with Crippen LogP contribution in [-0.2, 0) is 6.54 Å². The summed E-state index contributed by atoms with van der Waals surface area (Å²) in [6.07, 6.45) is 2.01. The van der Waals surface area contributed by atoms with E-state index >= 15 is 0 Å². The minimum Gasteiger partial charge on any atom is -0.494 e. The Morgan fingerprint density at radius 2 is 1.64 bits per heavy atom. The number of rotatable bonds is 7. The van der Waals surface area contributed by atoms with Crippen LogP contribution in [0, 0.1) is 6.92 Å². The van der Waals surface area contributed by atoms with Crippen LogP contribution in [-0.4, -0.2) is 16.2 Å². The third-order valence-electron chi connectivity index (χ3n) is 4.82. The summed E-state index contributed by atoms with van der Waals surface area (Å²) in [5.41, 5.74) is 4.50. The number of ether oxygens (including phenoxy) is 1. The van der Waals surface area contributed by atoms with E-state index in [-0.39, 0.29) is 0 Å². The molecule has 0 aliphatic heterocycles. The fraction of sp³-hybridized carbons (Fsp3) is 0.208. The summed E-state index contributed by atoms with van der Waals surface area (Å²) in [6.45, 7) is 3.69. The van der Waals surface area contributed by atoms with Gasteiger partial charge in [0.1, 0.15) is 11.6 Å². The van der Waals surface area contributed by atoms with E-state index in [1.807, 2.05) is 42.5 Å². The Balaban J connectivity index is 1.45. The van der Waals surface area contributed by atoms with E-state index in [2.05, 4.69) is 41.8 Å². The first-order valence-corrected chi connectivity index (χ1v) is 9.99. The average molecular weight is 391 g/mol. The van der Waals surface area contributed by atoms with Gasteiger partial charge in [0.15, 0.2) is 0 Å². The number of imidazole rings is 1. The maximum absolute atomic E-state index is 6.05. The number of nitrogens with zero attached hydrogens (tertiary/aromatic N) is 2. The molecular formula is C24H23ClN2O. The molecule has 4 aromatic rings. The van der Waals surface area contributed by atoms with Gasteiger partial charge >= 0.3 is 0 Å². The normalized spacial score (nSPS) is 11.1. The second kappa shape index (κ2) is 8.49. The first-order chi connectivity index (χ1) is 13.7. The highest BCUT2D eigenvalue weighted by molar-refractivity contribution is 6.30. The Labute approximate surface area is 170 Å². The van der Waals surface area contributed by atoms with Crippen LogP contribution in [0.2, 0.25) is 5.02 Å². The third kappa shape index (κ3) is 4.20. The Morgan fingerprint density at radius 1 is 0.893 bits per heavy atom. The van der Waals surface area contributed by atoms with Crippen molar-refractivity contribution in [2.24, 2.45) is 0 Å². The third-order valence-corrected chi connectivity index (χ3v) is 5.07. The molecule has 3 aromatic carbocycles. The summed E-state index contributed by atoms with van der Waals surface area (Å²) in [4.78, 5) is 4.86. The number of hydrogen-bond acceptors (Lipinski definition) is 2. The fourth-order valence-corrected chi connectivity index (χ4v) is 3.44. The molecule has 142 valence electrons. The Hall–Kier alpha value is -2.78. The van der Waals surface area contributed by atoms with Gasteiger partial charge in [0.2, 0.25) is 0 Å². The van der Waals surface area contributed by atoms with Gasteiger partial charge in [-0.2, -0.15) is 0 Å². The van der Waals surface area contributed by atoms with Gasteiger partial charge in [-0.05, 0) is 68.3 Å². The highest BCUT2D eigenvalue weighted by atomic mass is 35.5. The number of para-hydroxylation sites is 2. The minimum absolute atomic E-state index is 0.714. The van der Waals surface area contributed by atoms with Gasteiger partial charge < -0.3 is 9.30 Å². The summed E-state index contributed by atoms with van der Waals surface area (Å²) in [6, 6.07) is 24.4. The van der Waals surface area contributed by atoms with Crippen molar-refractivity contribution in [3.63, 3.8) is 0 Å². The molecule has 28 heavy (non-hydrogen) atoms. The largest absolute Gasteiger partial charge is 0.494 e. The lowest BCUT2D eigenvalue weighted by Crippen LogP contribution is -2.04. The van der Waals surface area contributed by atoms with E-state index in [4.69, 9.17) is 21.3 Å². The van der Waals surface area contributed by atoms with Crippen molar-refractivity contribution in [1.82, 2.24) is 9.55 Å². The highest BCUT2D eigenvalue weighted by Crippen LogP contribution is 2.26. The summed E-state index contributed by atoms with van der Waals surface area (Å²) in [5, 5.41) is 0.736. The van der Waals surface area contributed by atoms with E-state index in [1.54, 1.807) is 0 Å². The van der Waals surface area contributed by atoms with Crippen LogP contribution >= 0.6 is 11.6 Å². The average Bonchev–Trinajstić information content (AvgIpc) is 3.08. The zero-order chi connectivity index (χ0) is 19.3. The van der Waals surface area contributed by atoms with E-state index in [1.165, 1.54) is 5.56 Å². The molecule has 0 atom stereocenters. The first-order valence-electron chi connectivity index (χ1n) is 9.61. The predicted octanol–water partition coefficient (Wildman–Crippen LogP) is 6.52. The molecule has 0 radical (unpaired) electrons. The van der Waals surface area contributed by atoms with Gasteiger partial charge in [-0.25, -0.2) is 4.98 Å². The van der Waals surface area contributed by atoms with E-state index < -0.39 is 0 Å². The number of aryl methyl sites for hydroxylation is 2. The summed E-state index contributed by atoms with van der Waals surface area (Å²) in [5.74, 6) is 1.91. The topological polar surface area (TPSA) is 27.1 Å². The fourth-order valence-electron chi connectivity index (χ4n) is 3.32. The van der Waals surface area contributed by atoms with Crippen LogP contribution in [0.5, 0.6) is 5.75 Å². The Bertz CT molecular complexity index is 1050. The molecule has 0 amide bonds. The second-order valence-electron chi connectivity index (χ2n) is 6.95.